The fourth-order valence-corrected chi connectivity index (χ4v) is 2.74. The van der Waals surface area contributed by atoms with Crippen molar-refractivity contribution in [2.45, 2.75) is 25.4 Å². The number of esters is 1. The van der Waals surface area contributed by atoms with Crippen molar-refractivity contribution in [2.75, 3.05) is 17.2 Å². The van der Waals surface area contributed by atoms with E-state index in [1.54, 1.807) is 18.2 Å². The van der Waals surface area contributed by atoms with Crippen LogP contribution in [0.5, 0.6) is 0 Å². The number of anilines is 2. The van der Waals surface area contributed by atoms with Crippen molar-refractivity contribution in [1.82, 2.24) is 0 Å². The normalized spacial score (nSPS) is 11.0. The number of carbonyl (C=O) groups excluding carboxylic acids is 3. The van der Waals surface area contributed by atoms with E-state index in [1.165, 1.54) is 6.07 Å². The van der Waals surface area contributed by atoms with E-state index in [-0.39, 0.29) is 30.0 Å². The van der Waals surface area contributed by atoms with Gasteiger partial charge >= 0.3 is 12.1 Å². The van der Waals surface area contributed by atoms with E-state index in [9.17, 15) is 27.6 Å². The number of rotatable bonds is 8. The molecule has 11 heteroatoms. The summed E-state index contributed by atoms with van der Waals surface area (Å²) < 4.78 is 43.1. The summed E-state index contributed by atoms with van der Waals surface area (Å²) >= 11 is 11.6. The quantitative estimate of drug-likeness (QED) is 0.506. The van der Waals surface area contributed by atoms with Crippen molar-refractivity contribution in [1.29, 1.82) is 0 Å². The number of nitrogens with one attached hydrogen (secondary N) is 2. The molecule has 0 bridgehead atoms. The molecule has 0 fully saturated rings. The summed E-state index contributed by atoms with van der Waals surface area (Å²) in [6, 6.07) is 8.97. The first-order valence-corrected chi connectivity index (χ1v) is 9.68. The van der Waals surface area contributed by atoms with E-state index in [2.05, 4.69) is 10.6 Å². The van der Waals surface area contributed by atoms with Crippen LogP contribution in [0.15, 0.2) is 42.5 Å². The van der Waals surface area contributed by atoms with E-state index in [4.69, 9.17) is 27.9 Å². The van der Waals surface area contributed by atoms with Crippen LogP contribution in [0.1, 0.15) is 24.8 Å². The molecule has 2 N–H and O–H groups in total. The van der Waals surface area contributed by atoms with E-state index in [0.717, 1.165) is 18.2 Å². The maximum atomic E-state index is 12.8. The van der Waals surface area contributed by atoms with Crippen molar-refractivity contribution < 1.29 is 32.3 Å². The lowest BCUT2D eigenvalue weighted by atomic mass is 10.2. The summed E-state index contributed by atoms with van der Waals surface area (Å²) in [5, 5.41) is 5.16. The molecule has 0 saturated heterocycles. The van der Waals surface area contributed by atoms with Gasteiger partial charge in [0.1, 0.15) is 0 Å². The Bertz CT molecular complexity index is 968. The van der Waals surface area contributed by atoms with Crippen LogP contribution in [0.4, 0.5) is 24.5 Å². The van der Waals surface area contributed by atoms with Gasteiger partial charge in [-0.15, -0.1) is 0 Å². The van der Waals surface area contributed by atoms with Gasteiger partial charge in [-0.3, -0.25) is 14.4 Å². The highest BCUT2D eigenvalue weighted by Crippen LogP contribution is 2.33. The number of hydrogen-bond acceptors (Lipinski definition) is 4. The fourth-order valence-electron chi connectivity index (χ4n) is 2.38. The Hall–Kier alpha value is -2.78. The Balaban J connectivity index is 1.72. The number of amides is 2. The smallest absolute Gasteiger partial charge is 0.416 e. The largest absolute Gasteiger partial charge is 0.456 e. The van der Waals surface area contributed by atoms with Crippen LogP contribution in [0.3, 0.4) is 0 Å². The first kappa shape index (κ1) is 24.5. The standard InChI is InChI=1S/C20H17Cl2F3N2O4/c21-13-3-1-4-14(10-13)26-18(29)11-31-19(30)6-2-5-17(28)27-16-9-12(20(23,24)25)7-8-15(16)22/h1,3-4,7-10H,2,5-6,11H2,(H,26,29)(H,27,28). The fraction of sp³-hybridized carbons (Fsp3) is 0.250. The minimum Gasteiger partial charge on any atom is -0.456 e. The summed E-state index contributed by atoms with van der Waals surface area (Å²) in [6.45, 7) is -0.516. The highest BCUT2D eigenvalue weighted by molar-refractivity contribution is 6.33. The molecule has 6 nitrogen and oxygen atoms in total. The zero-order chi connectivity index (χ0) is 23.0. The minimum absolute atomic E-state index is 0.0496. The number of alkyl halides is 3. The molecule has 31 heavy (non-hydrogen) atoms. The summed E-state index contributed by atoms with van der Waals surface area (Å²) in [5.41, 5.74) is -0.688. The van der Waals surface area contributed by atoms with Gasteiger partial charge in [0.2, 0.25) is 5.91 Å². The first-order valence-electron chi connectivity index (χ1n) is 8.92. The Kier molecular flexibility index (Phi) is 8.70. The predicted molar refractivity (Wildman–Crippen MR) is 110 cm³/mol. The van der Waals surface area contributed by atoms with E-state index in [1.807, 2.05) is 0 Å². The molecule has 0 aliphatic heterocycles. The minimum atomic E-state index is -4.58. The first-order chi connectivity index (χ1) is 14.5. The maximum absolute atomic E-state index is 12.8. The molecule has 2 amide bonds. The van der Waals surface area contributed by atoms with E-state index in [0.29, 0.717) is 10.7 Å². The van der Waals surface area contributed by atoms with Gasteiger partial charge in [0.25, 0.3) is 5.91 Å². The summed E-state index contributed by atoms with van der Waals surface area (Å²) in [4.78, 5) is 35.4. The van der Waals surface area contributed by atoms with Crippen LogP contribution in [0.2, 0.25) is 10.0 Å². The lowest BCUT2D eigenvalue weighted by Gasteiger charge is -2.11. The van der Waals surface area contributed by atoms with Crippen LogP contribution in [-0.4, -0.2) is 24.4 Å². The van der Waals surface area contributed by atoms with Gasteiger partial charge in [-0.25, -0.2) is 0 Å². The third-order valence-electron chi connectivity index (χ3n) is 3.83. The molecule has 0 spiro atoms. The average molecular weight is 477 g/mol. The number of ether oxygens (including phenoxy) is 1. The maximum Gasteiger partial charge on any atom is 0.416 e. The summed E-state index contributed by atoms with van der Waals surface area (Å²) in [6.07, 6.45) is -4.82. The SMILES string of the molecule is O=C(COC(=O)CCCC(=O)Nc1cc(C(F)(F)F)ccc1Cl)Nc1cccc(Cl)c1. The number of halogens is 5. The molecular formula is C20H17Cl2F3N2O4. The van der Waals surface area contributed by atoms with Gasteiger partial charge in [-0.2, -0.15) is 13.2 Å². The Morgan fingerprint density at radius 2 is 1.68 bits per heavy atom. The highest BCUT2D eigenvalue weighted by atomic mass is 35.5. The molecule has 0 aliphatic rings. The molecule has 0 unspecified atom stereocenters. The van der Waals surface area contributed by atoms with Gasteiger partial charge in [0, 0.05) is 23.6 Å². The topological polar surface area (TPSA) is 84.5 Å². The Morgan fingerprint density at radius 3 is 2.35 bits per heavy atom. The molecule has 0 heterocycles. The van der Waals surface area contributed by atoms with Crippen LogP contribution in [0.25, 0.3) is 0 Å². The molecule has 0 aliphatic carbocycles. The Labute approximate surface area is 185 Å². The molecular weight excluding hydrogens is 460 g/mol. The van der Waals surface area contributed by atoms with Crippen molar-refractivity contribution in [3.8, 4) is 0 Å². The average Bonchev–Trinajstić information content (AvgIpc) is 2.67. The second kappa shape index (κ2) is 11.0. The second-order valence-electron chi connectivity index (χ2n) is 6.31. The summed E-state index contributed by atoms with van der Waals surface area (Å²) in [7, 11) is 0. The van der Waals surface area contributed by atoms with Crippen molar-refractivity contribution >= 4 is 52.4 Å². The van der Waals surface area contributed by atoms with Crippen molar-refractivity contribution in [3.63, 3.8) is 0 Å². The third kappa shape index (κ3) is 8.47. The van der Waals surface area contributed by atoms with Gasteiger partial charge in [-0.1, -0.05) is 29.3 Å². The van der Waals surface area contributed by atoms with Gasteiger partial charge in [0.05, 0.1) is 16.3 Å². The molecule has 166 valence electrons. The molecule has 0 saturated carbocycles. The van der Waals surface area contributed by atoms with E-state index < -0.39 is 36.1 Å². The Morgan fingerprint density at radius 1 is 0.935 bits per heavy atom. The van der Waals surface area contributed by atoms with E-state index >= 15 is 0 Å². The lowest BCUT2D eigenvalue weighted by Crippen LogP contribution is -2.21. The summed E-state index contributed by atoms with van der Waals surface area (Å²) in [5.74, 6) is -1.88. The molecule has 0 aromatic heterocycles. The van der Waals surface area contributed by atoms with Crippen molar-refractivity contribution in [3.05, 3.63) is 58.1 Å². The van der Waals surface area contributed by atoms with Crippen LogP contribution in [-0.2, 0) is 25.3 Å². The number of hydrogen-bond donors (Lipinski definition) is 2. The van der Waals surface area contributed by atoms with Crippen LogP contribution in [0, 0.1) is 0 Å². The zero-order valence-electron chi connectivity index (χ0n) is 15.9. The highest BCUT2D eigenvalue weighted by Gasteiger charge is 2.31. The molecule has 0 atom stereocenters. The second-order valence-corrected chi connectivity index (χ2v) is 7.16. The lowest BCUT2D eigenvalue weighted by molar-refractivity contribution is -0.147. The third-order valence-corrected chi connectivity index (χ3v) is 4.39. The van der Waals surface area contributed by atoms with Crippen LogP contribution >= 0.6 is 23.2 Å². The van der Waals surface area contributed by atoms with Gasteiger partial charge < -0.3 is 15.4 Å². The number of benzene rings is 2. The van der Waals surface area contributed by atoms with Crippen molar-refractivity contribution in [2.24, 2.45) is 0 Å². The molecule has 2 rings (SSSR count). The van der Waals surface area contributed by atoms with Crippen LogP contribution < -0.4 is 10.6 Å². The monoisotopic (exact) mass is 476 g/mol. The van der Waals surface area contributed by atoms with Gasteiger partial charge in [0.15, 0.2) is 6.61 Å². The molecule has 0 radical (unpaired) electrons. The van der Waals surface area contributed by atoms with Gasteiger partial charge in [-0.05, 0) is 42.8 Å². The molecule has 2 aromatic carbocycles. The predicted octanol–water partition coefficient (Wildman–Crippen LogP) is 5.30. The molecule has 2 aromatic rings. The zero-order valence-corrected chi connectivity index (χ0v) is 17.4. The number of carbonyl (C=O) groups is 3.